The van der Waals surface area contributed by atoms with Gasteiger partial charge in [-0.05, 0) is 31.9 Å². The summed E-state index contributed by atoms with van der Waals surface area (Å²) in [5, 5.41) is 4.18. The Morgan fingerprint density at radius 2 is 2.00 bits per heavy atom. The van der Waals surface area contributed by atoms with Crippen molar-refractivity contribution in [2.45, 2.75) is 45.1 Å². The van der Waals surface area contributed by atoms with E-state index in [1.807, 2.05) is 37.3 Å². The molecule has 0 radical (unpaired) electrons. The van der Waals surface area contributed by atoms with Gasteiger partial charge in [-0.1, -0.05) is 37.5 Å². The van der Waals surface area contributed by atoms with E-state index < -0.39 is 0 Å². The molecule has 3 rings (SSSR count). The summed E-state index contributed by atoms with van der Waals surface area (Å²) < 4.78 is 5.80. The van der Waals surface area contributed by atoms with Gasteiger partial charge in [0.15, 0.2) is 0 Å². The minimum atomic E-state index is -0.0724. The van der Waals surface area contributed by atoms with Crippen LogP contribution in [0.1, 0.15) is 50.8 Å². The predicted octanol–water partition coefficient (Wildman–Crippen LogP) is 4.19. The number of hydrogen-bond acceptors (Lipinski definition) is 2. The summed E-state index contributed by atoms with van der Waals surface area (Å²) >= 11 is 0. The lowest BCUT2D eigenvalue weighted by atomic mass is 9.88. The van der Waals surface area contributed by atoms with Crippen LogP contribution in [0, 0.1) is 5.92 Å². The largest absolute Gasteiger partial charge is 0.459 e. The van der Waals surface area contributed by atoms with Gasteiger partial charge < -0.3 is 9.73 Å². The predicted molar refractivity (Wildman–Crippen MR) is 79.3 cm³/mol. The van der Waals surface area contributed by atoms with Crippen molar-refractivity contribution in [3.63, 3.8) is 0 Å². The number of benzene rings is 1. The number of carbonyl (C=O) groups excluding carboxylic acids is 1. The number of fused-ring (bicyclic) bond motifs is 1. The van der Waals surface area contributed by atoms with Crippen LogP contribution in [0.25, 0.3) is 11.0 Å². The fourth-order valence-electron chi connectivity index (χ4n) is 2.98. The normalized spacial score (nSPS) is 18.1. The van der Waals surface area contributed by atoms with Crippen LogP contribution in [0.2, 0.25) is 0 Å². The molecule has 0 unspecified atom stereocenters. The SMILES string of the molecule is C[C@@H](NC(=O)C1CCCCC1)c1cc2ccccc2o1. The zero-order valence-corrected chi connectivity index (χ0v) is 11.9. The monoisotopic (exact) mass is 271 g/mol. The van der Waals surface area contributed by atoms with E-state index in [1.54, 1.807) is 0 Å². The van der Waals surface area contributed by atoms with Crippen molar-refractivity contribution in [1.29, 1.82) is 0 Å². The molecule has 1 saturated carbocycles. The minimum Gasteiger partial charge on any atom is -0.459 e. The van der Waals surface area contributed by atoms with E-state index >= 15 is 0 Å². The molecular formula is C17H21NO2. The maximum atomic E-state index is 12.2. The average Bonchev–Trinajstić information content (AvgIpc) is 2.92. The summed E-state index contributed by atoms with van der Waals surface area (Å²) in [5.41, 5.74) is 0.876. The number of para-hydroxylation sites is 1. The van der Waals surface area contributed by atoms with Crippen LogP contribution in [0.15, 0.2) is 34.7 Å². The van der Waals surface area contributed by atoms with Gasteiger partial charge in [0, 0.05) is 11.3 Å². The number of amides is 1. The second-order valence-corrected chi connectivity index (χ2v) is 5.75. The lowest BCUT2D eigenvalue weighted by molar-refractivity contribution is -0.126. The number of hydrogen-bond donors (Lipinski definition) is 1. The standard InChI is InChI=1S/C17H21NO2/c1-12(18-17(19)13-7-3-2-4-8-13)16-11-14-9-5-6-10-15(14)20-16/h5-6,9-13H,2-4,7-8H2,1H3,(H,18,19)/t12-/m1/s1. The van der Waals surface area contributed by atoms with Gasteiger partial charge in [0.25, 0.3) is 0 Å². The molecule has 20 heavy (non-hydrogen) atoms. The Hall–Kier alpha value is -1.77. The van der Waals surface area contributed by atoms with Crippen LogP contribution >= 0.6 is 0 Å². The lowest BCUT2D eigenvalue weighted by Gasteiger charge is -2.22. The molecule has 106 valence electrons. The molecule has 0 spiro atoms. The molecule has 1 heterocycles. The second-order valence-electron chi connectivity index (χ2n) is 5.75. The van der Waals surface area contributed by atoms with Crippen LogP contribution in [-0.4, -0.2) is 5.91 Å². The van der Waals surface area contributed by atoms with Crippen molar-refractivity contribution >= 4 is 16.9 Å². The highest BCUT2D eigenvalue weighted by Gasteiger charge is 2.23. The molecule has 1 N–H and O–H groups in total. The first-order valence-corrected chi connectivity index (χ1v) is 7.53. The zero-order chi connectivity index (χ0) is 13.9. The summed E-state index contributed by atoms with van der Waals surface area (Å²) in [5.74, 6) is 1.20. The molecule has 0 saturated heterocycles. The van der Waals surface area contributed by atoms with Gasteiger partial charge in [0.2, 0.25) is 5.91 Å². The molecule has 0 aliphatic heterocycles. The first-order valence-electron chi connectivity index (χ1n) is 7.53. The van der Waals surface area contributed by atoms with Gasteiger partial charge in [0.1, 0.15) is 11.3 Å². The highest BCUT2D eigenvalue weighted by Crippen LogP contribution is 2.26. The number of rotatable bonds is 3. The Morgan fingerprint density at radius 1 is 1.25 bits per heavy atom. The fourth-order valence-corrected chi connectivity index (χ4v) is 2.98. The zero-order valence-electron chi connectivity index (χ0n) is 11.9. The molecule has 2 aromatic rings. The summed E-state index contributed by atoms with van der Waals surface area (Å²) in [6.45, 7) is 1.98. The topological polar surface area (TPSA) is 42.2 Å². The number of carbonyl (C=O) groups is 1. The number of furan rings is 1. The van der Waals surface area contributed by atoms with Gasteiger partial charge in [-0.15, -0.1) is 0 Å². The highest BCUT2D eigenvalue weighted by molar-refractivity contribution is 5.80. The van der Waals surface area contributed by atoms with Gasteiger partial charge in [-0.25, -0.2) is 0 Å². The molecule has 3 heteroatoms. The maximum Gasteiger partial charge on any atom is 0.223 e. The minimum absolute atomic E-state index is 0.0724. The molecule has 0 bridgehead atoms. The molecule has 1 amide bonds. The van der Waals surface area contributed by atoms with Gasteiger partial charge in [-0.2, -0.15) is 0 Å². The Labute approximate surface area is 119 Å². The molecular weight excluding hydrogens is 250 g/mol. The fraction of sp³-hybridized carbons (Fsp3) is 0.471. The molecule has 1 fully saturated rings. The van der Waals surface area contributed by atoms with E-state index in [0.29, 0.717) is 0 Å². The Bertz CT molecular complexity index is 563. The van der Waals surface area contributed by atoms with E-state index in [-0.39, 0.29) is 17.9 Å². The third-order valence-corrected chi connectivity index (χ3v) is 4.21. The van der Waals surface area contributed by atoms with Crippen LogP contribution in [-0.2, 0) is 4.79 Å². The molecule has 1 aliphatic rings. The van der Waals surface area contributed by atoms with Crippen LogP contribution < -0.4 is 5.32 Å². The Kier molecular flexibility index (Phi) is 3.77. The lowest BCUT2D eigenvalue weighted by Crippen LogP contribution is -2.33. The number of nitrogens with one attached hydrogen (secondary N) is 1. The Balaban J connectivity index is 1.68. The first-order chi connectivity index (χ1) is 9.74. The summed E-state index contributed by atoms with van der Waals surface area (Å²) in [6.07, 6.45) is 5.68. The van der Waals surface area contributed by atoms with Crippen molar-refractivity contribution in [1.82, 2.24) is 5.32 Å². The van der Waals surface area contributed by atoms with Crippen LogP contribution in [0.3, 0.4) is 0 Å². The summed E-state index contributed by atoms with van der Waals surface area (Å²) in [6, 6.07) is 9.87. The molecule has 1 aliphatic carbocycles. The first kappa shape index (κ1) is 13.2. The van der Waals surface area contributed by atoms with E-state index in [1.165, 1.54) is 19.3 Å². The van der Waals surface area contributed by atoms with Gasteiger partial charge >= 0.3 is 0 Å². The van der Waals surface area contributed by atoms with Crippen molar-refractivity contribution < 1.29 is 9.21 Å². The van der Waals surface area contributed by atoms with Crippen molar-refractivity contribution in [3.05, 3.63) is 36.1 Å². The Morgan fingerprint density at radius 3 is 2.75 bits per heavy atom. The van der Waals surface area contributed by atoms with Crippen LogP contribution in [0.5, 0.6) is 0 Å². The summed E-state index contributed by atoms with van der Waals surface area (Å²) in [7, 11) is 0. The average molecular weight is 271 g/mol. The van der Waals surface area contributed by atoms with Crippen molar-refractivity contribution in [2.24, 2.45) is 5.92 Å². The molecule has 1 aromatic heterocycles. The third-order valence-electron chi connectivity index (χ3n) is 4.21. The van der Waals surface area contributed by atoms with E-state index in [4.69, 9.17) is 4.42 Å². The van der Waals surface area contributed by atoms with Gasteiger partial charge in [0.05, 0.1) is 6.04 Å². The third kappa shape index (κ3) is 2.72. The molecule has 1 aromatic carbocycles. The maximum absolute atomic E-state index is 12.2. The van der Waals surface area contributed by atoms with Crippen molar-refractivity contribution in [2.75, 3.05) is 0 Å². The van der Waals surface area contributed by atoms with Crippen molar-refractivity contribution in [3.8, 4) is 0 Å². The van der Waals surface area contributed by atoms with Crippen LogP contribution in [0.4, 0.5) is 0 Å². The smallest absolute Gasteiger partial charge is 0.223 e. The van der Waals surface area contributed by atoms with E-state index in [2.05, 4.69) is 5.32 Å². The quantitative estimate of drug-likeness (QED) is 0.909. The second kappa shape index (κ2) is 5.70. The molecule has 3 nitrogen and oxygen atoms in total. The van der Waals surface area contributed by atoms with E-state index in [0.717, 1.165) is 29.6 Å². The van der Waals surface area contributed by atoms with Gasteiger partial charge in [-0.3, -0.25) is 4.79 Å². The summed E-state index contributed by atoms with van der Waals surface area (Å²) in [4.78, 5) is 12.2. The highest BCUT2D eigenvalue weighted by atomic mass is 16.3. The molecule has 1 atom stereocenters. The van der Waals surface area contributed by atoms with E-state index in [9.17, 15) is 4.79 Å².